The van der Waals surface area contributed by atoms with Crippen molar-refractivity contribution in [3.05, 3.63) is 78.1 Å². The van der Waals surface area contributed by atoms with E-state index in [9.17, 15) is 9.59 Å². The molecule has 7 heteroatoms. The van der Waals surface area contributed by atoms with E-state index in [-0.39, 0.29) is 18.8 Å². The zero-order valence-electron chi connectivity index (χ0n) is 15.8. The zero-order chi connectivity index (χ0) is 20.0. The van der Waals surface area contributed by atoms with Crippen molar-refractivity contribution in [3.63, 3.8) is 0 Å². The van der Waals surface area contributed by atoms with Gasteiger partial charge in [0.15, 0.2) is 5.69 Å². The summed E-state index contributed by atoms with van der Waals surface area (Å²) >= 11 is 0. The van der Waals surface area contributed by atoms with Gasteiger partial charge in [-0.05, 0) is 31.5 Å². The van der Waals surface area contributed by atoms with E-state index in [2.05, 4.69) is 15.5 Å². The molecule has 0 saturated carbocycles. The first-order valence-electron chi connectivity index (χ1n) is 9.03. The second-order valence-electron chi connectivity index (χ2n) is 6.46. The van der Waals surface area contributed by atoms with Gasteiger partial charge in [-0.25, -0.2) is 0 Å². The topological polar surface area (TPSA) is 86.1 Å². The molecule has 0 aliphatic carbocycles. The Morgan fingerprint density at radius 2 is 1.71 bits per heavy atom. The molecule has 1 N–H and O–H groups in total. The van der Waals surface area contributed by atoms with Gasteiger partial charge in [-0.3, -0.25) is 9.59 Å². The lowest BCUT2D eigenvalue weighted by molar-refractivity contribution is -0.149. The molecule has 3 rings (SSSR count). The number of amides is 1. The number of hydrogen-bond donors (Lipinski definition) is 1. The van der Waals surface area contributed by atoms with Crippen molar-refractivity contribution in [3.8, 4) is 5.69 Å². The quantitative estimate of drug-likeness (QED) is 0.639. The van der Waals surface area contributed by atoms with Gasteiger partial charge in [0, 0.05) is 6.54 Å². The van der Waals surface area contributed by atoms with Crippen LogP contribution in [0.3, 0.4) is 0 Å². The highest BCUT2D eigenvalue weighted by atomic mass is 16.5. The molecular weight excluding hydrogens is 356 g/mol. The number of rotatable bonds is 7. The van der Waals surface area contributed by atoms with Crippen molar-refractivity contribution in [2.24, 2.45) is 0 Å². The molecule has 0 radical (unpaired) electrons. The Morgan fingerprint density at radius 3 is 2.36 bits per heavy atom. The van der Waals surface area contributed by atoms with E-state index >= 15 is 0 Å². The van der Waals surface area contributed by atoms with Crippen molar-refractivity contribution in [1.82, 2.24) is 20.3 Å². The highest BCUT2D eigenvalue weighted by molar-refractivity contribution is 5.93. The molecule has 0 spiro atoms. The Hall–Kier alpha value is -3.48. The maximum atomic E-state index is 12.6. The summed E-state index contributed by atoms with van der Waals surface area (Å²) in [5.41, 5.74) is 0.675. The monoisotopic (exact) mass is 378 g/mol. The first kappa shape index (κ1) is 19.3. The maximum Gasteiger partial charge on any atom is 0.318 e. The largest absolute Gasteiger partial charge is 0.465 e. The van der Waals surface area contributed by atoms with Gasteiger partial charge in [-0.2, -0.15) is 9.90 Å². The summed E-state index contributed by atoms with van der Waals surface area (Å²) < 4.78 is 5.24. The highest BCUT2D eigenvalue weighted by Crippen LogP contribution is 2.25. The molecule has 28 heavy (non-hydrogen) atoms. The molecule has 144 valence electrons. The molecule has 0 saturated heterocycles. The summed E-state index contributed by atoms with van der Waals surface area (Å²) in [6, 6.07) is 18.6. The first-order valence-corrected chi connectivity index (χ1v) is 9.03. The van der Waals surface area contributed by atoms with E-state index in [0.29, 0.717) is 0 Å². The minimum Gasteiger partial charge on any atom is -0.465 e. The van der Waals surface area contributed by atoms with Crippen LogP contribution >= 0.6 is 0 Å². The Balaban J connectivity index is 1.75. The van der Waals surface area contributed by atoms with E-state index in [1.165, 1.54) is 11.0 Å². The van der Waals surface area contributed by atoms with Crippen molar-refractivity contribution in [2.75, 3.05) is 13.2 Å². The molecule has 1 aromatic heterocycles. The van der Waals surface area contributed by atoms with Gasteiger partial charge in [-0.1, -0.05) is 48.5 Å². The minimum atomic E-state index is -1.01. The molecule has 2 aromatic carbocycles. The Kier molecular flexibility index (Phi) is 5.84. The van der Waals surface area contributed by atoms with Crippen LogP contribution in [0, 0.1) is 0 Å². The lowest BCUT2D eigenvalue weighted by atomic mass is 9.82. The van der Waals surface area contributed by atoms with Crippen LogP contribution in [-0.2, 0) is 14.9 Å². The van der Waals surface area contributed by atoms with Gasteiger partial charge in [0.05, 0.1) is 18.5 Å². The first-order chi connectivity index (χ1) is 13.5. The number of aromatic nitrogens is 3. The van der Waals surface area contributed by atoms with Gasteiger partial charge >= 0.3 is 5.97 Å². The lowest BCUT2D eigenvalue weighted by Crippen LogP contribution is -2.45. The second-order valence-corrected chi connectivity index (χ2v) is 6.46. The van der Waals surface area contributed by atoms with Crippen LogP contribution in [0.2, 0.25) is 0 Å². The van der Waals surface area contributed by atoms with Crippen LogP contribution in [0.5, 0.6) is 0 Å². The van der Waals surface area contributed by atoms with Crippen LogP contribution in [0.4, 0.5) is 0 Å². The van der Waals surface area contributed by atoms with Crippen molar-refractivity contribution < 1.29 is 14.3 Å². The van der Waals surface area contributed by atoms with Crippen LogP contribution in [0.15, 0.2) is 66.9 Å². The summed E-state index contributed by atoms with van der Waals surface area (Å²) in [6.45, 7) is 3.85. The molecule has 7 nitrogen and oxygen atoms in total. The third-order valence-corrected chi connectivity index (χ3v) is 4.45. The lowest BCUT2D eigenvalue weighted by Gasteiger charge is -2.27. The molecule has 0 aliphatic rings. The van der Waals surface area contributed by atoms with Gasteiger partial charge in [-0.15, -0.1) is 5.10 Å². The van der Waals surface area contributed by atoms with Gasteiger partial charge < -0.3 is 10.1 Å². The number of esters is 1. The highest BCUT2D eigenvalue weighted by Gasteiger charge is 2.37. The SMILES string of the molecule is CCOC(=O)C(C)(CNC(=O)c1cnn(-c2ccccc2)n1)c1ccccc1. The predicted molar refractivity (Wildman–Crippen MR) is 104 cm³/mol. The predicted octanol–water partition coefficient (Wildman–Crippen LogP) is 2.52. The van der Waals surface area contributed by atoms with Crippen molar-refractivity contribution >= 4 is 11.9 Å². The average molecular weight is 378 g/mol. The number of nitrogens with zero attached hydrogens (tertiary/aromatic N) is 3. The summed E-state index contributed by atoms with van der Waals surface area (Å²) in [6.07, 6.45) is 1.40. The molecule has 1 unspecified atom stereocenters. The Labute approximate surface area is 163 Å². The van der Waals surface area contributed by atoms with Crippen LogP contribution < -0.4 is 5.32 Å². The zero-order valence-corrected chi connectivity index (χ0v) is 15.8. The van der Waals surface area contributed by atoms with Gasteiger partial charge in [0.2, 0.25) is 0 Å². The van der Waals surface area contributed by atoms with Crippen molar-refractivity contribution in [2.45, 2.75) is 19.3 Å². The van der Waals surface area contributed by atoms with E-state index in [4.69, 9.17) is 4.74 Å². The molecule has 1 amide bonds. The molecule has 0 aliphatic heterocycles. The number of para-hydroxylation sites is 1. The third-order valence-electron chi connectivity index (χ3n) is 4.45. The number of carbonyl (C=O) groups excluding carboxylic acids is 2. The third kappa shape index (κ3) is 4.09. The number of carbonyl (C=O) groups is 2. The van der Waals surface area contributed by atoms with E-state index in [1.807, 2.05) is 60.7 Å². The van der Waals surface area contributed by atoms with E-state index in [0.717, 1.165) is 11.3 Å². The Bertz CT molecular complexity index is 941. The molecule has 0 bridgehead atoms. The number of nitrogens with one attached hydrogen (secondary N) is 1. The van der Waals surface area contributed by atoms with Gasteiger partial charge in [0.1, 0.15) is 5.41 Å². The summed E-state index contributed by atoms with van der Waals surface area (Å²) in [7, 11) is 0. The average Bonchev–Trinajstić information content (AvgIpc) is 3.23. The summed E-state index contributed by atoms with van der Waals surface area (Å²) in [4.78, 5) is 26.6. The smallest absolute Gasteiger partial charge is 0.318 e. The fraction of sp³-hybridized carbons (Fsp3) is 0.238. The number of hydrogen-bond acceptors (Lipinski definition) is 5. The normalized spacial score (nSPS) is 12.8. The second kappa shape index (κ2) is 8.47. The number of ether oxygens (including phenoxy) is 1. The fourth-order valence-corrected chi connectivity index (χ4v) is 2.79. The van der Waals surface area contributed by atoms with Crippen LogP contribution in [0.1, 0.15) is 29.9 Å². The molecular formula is C21H22N4O3. The van der Waals surface area contributed by atoms with E-state index in [1.54, 1.807) is 13.8 Å². The summed E-state index contributed by atoms with van der Waals surface area (Å²) in [5, 5.41) is 11.1. The fourth-order valence-electron chi connectivity index (χ4n) is 2.79. The standard InChI is InChI=1S/C21H22N4O3/c1-3-28-20(27)21(2,16-10-6-4-7-11-16)15-22-19(26)18-14-23-25(24-18)17-12-8-5-9-13-17/h4-14H,3,15H2,1-2H3,(H,22,26). The molecule has 3 aromatic rings. The number of benzene rings is 2. The van der Waals surface area contributed by atoms with Crippen LogP contribution in [0.25, 0.3) is 5.69 Å². The molecule has 0 fully saturated rings. The minimum absolute atomic E-state index is 0.0763. The summed E-state index contributed by atoms with van der Waals surface area (Å²) in [5.74, 6) is -0.803. The van der Waals surface area contributed by atoms with E-state index < -0.39 is 17.3 Å². The molecule has 1 heterocycles. The van der Waals surface area contributed by atoms with Gasteiger partial charge in [0.25, 0.3) is 5.91 Å². The molecule has 1 atom stereocenters. The van der Waals surface area contributed by atoms with Crippen molar-refractivity contribution in [1.29, 1.82) is 0 Å². The van der Waals surface area contributed by atoms with Crippen LogP contribution in [-0.4, -0.2) is 40.0 Å². The Morgan fingerprint density at radius 1 is 1.07 bits per heavy atom. The maximum absolute atomic E-state index is 12.6.